The minimum atomic E-state index is 0.276. The van der Waals surface area contributed by atoms with Gasteiger partial charge in [-0.3, -0.25) is 4.79 Å². The highest BCUT2D eigenvalue weighted by atomic mass is 16.1. The number of rotatable bonds is 5. The molecule has 0 fully saturated rings. The number of Topliss-reactive ketones (excluding diaryl/α,β-unsaturated/α-hetero) is 1. The number of ketones is 1. The highest BCUT2D eigenvalue weighted by molar-refractivity contribution is 5.81. The van der Waals surface area contributed by atoms with Crippen molar-refractivity contribution in [2.75, 3.05) is 6.54 Å². The Balaban J connectivity index is 2.51. The fraction of sp³-hybridized carbons (Fsp3) is 0.462. The smallest absolute Gasteiger partial charge is 0.137 e. The third kappa shape index (κ3) is 4.26. The van der Waals surface area contributed by atoms with E-state index in [0.717, 1.165) is 5.56 Å². The Hall–Kier alpha value is -1.15. The largest absolute Gasteiger partial charge is 0.330 e. The average Bonchev–Trinajstić information content (AvgIpc) is 2.17. The van der Waals surface area contributed by atoms with Crippen molar-refractivity contribution >= 4 is 5.78 Å². The van der Waals surface area contributed by atoms with Gasteiger partial charge in [0.25, 0.3) is 0 Å². The second-order valence-electron chi connectivity index (χ2n) is 4.25. The van der Waals surface area contributed by atoms with E-state index in [0.29, 0.717) is 25.3 Å². The molecule has 0 saturated carbocycles. The van der Waals surface area contributed by atoms with Crippen LogP contribution in [0.2, 0.25) is 0 Å². The molecule has 1 aromatic rings. The number of carbonyl (C=O) groups is 1. The summed E-state index contributed by atoms with van der Waals surface area (Å²) in [6.45, 7) is 4.63. The van der Waals surface area contributed by atoms with Gasteiger partial charge in [-0.1, -0.05) is 36.8 Å². The summed E-state index contributed by atoms with van der Waals surface area (Å²) < 4.78 is 0. The third-order valence-electron chi connectivity index (χ3n) is 2.46. The maximum atomic E-state index is 11.6. The minimum absolute atomic E-state index is 0.276. The molecule has 0 amide bonds. The number of nitrogens with two attached hydrogens (primary N) is 1. The van der Waals surface area contributed by atoms with Crippen LogP contribution in [-0.4, -0.2) is 12.3 Å². The fourth-order valence-corrected chi connectivity index (χ4v) is 1.59. The van der Waals surface area contributed by atoms with Crippen molar-refractivity contribution in [3.8, 4) is 0 Å². The molecule has 1 rings (SSSR count). The number of benzene rings is 1. The van der Waals surface area contributed by atoms with E-state index in [4.69, 9.17) is 5.73 Å². The standard InChI is InChI=1S/C13H19NO/c1-10-4-3-5-12(6-10)8-13(15)7-11(2)9-14/h3-6,11H,7-9,14H2,1-2H3. The van der Waals surface area contributed by atoms with Gasteiger partial charge in [-0.2, -0.15) is 0 Å². The van der Waals surface area contributed by atoms with Gasteiger partial charge in [-0.25, -0.2) is 0 Å². The summed E-state index contributed by atoms with van der Waals surface area (Å²) in [6, 6.07) is 8.09. The van der Waals surface area contributed by atoms with Gasteiger partial charge >= 0.3 is 0 Å². The summed E-state index contributed by atoms with van der Waals surface area (Å²) >= 11 is 0. The summed E-state index contributed by atoms with van der Waals surface area (Å²) in [5, 5.41) is 0. The zero-order chi connectivity index (χ0) is 11.3. The first kappa shape index (κ1) is 11.9. The first-order valence-corrected chi connectivity index (χ1v) is 5.39. The number of hydrogen-bond acceptors (Lipinski definition) is 2. The Labute approximate surface area is 91.5 Å². The Kier molecular flexibility index (Phi) is 4.50. The first-order chi connectivity index (χ1) is 7.11. The first-order valence-electron chi connectivity index (χ1n) is 5.39. The lowest BCUT2D eigenvalue weighted by Crippen LogP contribution is -2.16. The van der Waals surface area contributed by atoms with E-state index >= 15 is 0 Å². The molecule has 0 aromatic heterocycles. The van der Waals surface area contributed by atoms with Gasteiger partial charge in [0.2, 0.25) is 0 Å². The molecule has 1 unspecified atom stereocenters. The molecule has 0 aliphatic heterocycles. The molecular weight excluding hydrogens is 186 g/mol. The highest BCUT2D eigenvalue weighted by Gasteiger charge is 2.08. The van der Waals surface area contributed by atoms with Crippen LogP contribution in [0.4, 0.5) is 0 Å². The van der Waals surface area contributed by atoms with Crippen molar-refractivity contribution in [3.05, 3.63) is 35.4 Å². The number of carbonyl (C=O) groups excluding carboxylic acids is 1. The molecule has 2 N–H and O–H groups in total. The van der Waals surface area contributed by atoms with Gasteiger partial charge in [0.1, 0.15) is 5.78 Å². The van der Waals surface area contributed by atoms with Crippen LogP contribution in [0.1, 0.15) is 24.5 Å². The van der Waals surface area contributed by atoms with E-state index in [9.17, 15) is 4.79 Å². The van der Waals surface area contributed by atoms with Crippen LogP contribution >= 0.6 is 0 Å². The molecule has 1 atom stereocenters. The Morgan fingerprint density at radius 2 is 2.20 bits per heavy atom. The molecular formula is C13H19NO. The Bertz CT molecular complexity index is 333. The van der Waals surface area contributed by atoms with Gasteiger partial charge in [0.05, 0.1) is 0 Å². The fourth-order valence-electron chi connectivity index (χ4n) is 1.59. The zero-order valence-electron chi connectivity index (χ0n) is 9.49. The van der Waals surface area contributed by atoms with Crippen LogP contribution in [0.25, 0.3) is 0 Å². The molecule has 2 nitrogen and oxygen atoms in total. The monoisotopic (exact) mass is 205 g/mol. The van der Waals surface area contributed by atoms with Gasteiger partial charge in [0.15, 0.2) is 0 Å². The van der Waals surface area contributed by atoms with Crippen LogP contribution in [0.3, 0.4) is 0 Å². The van der Waals surface area contributed by atoms with Crippen LogP contribution in [0.5, 0.6) is 0 Å². The molecule has 0 bridgehead atoms. The summed E-state index contributed by atoms with van der Waals surface area (Å²) in [5.74, 6) is 0.570. The predicted octanol–water partition coefficient (Wildman–Crippen LogP) is 2.09. The number of hydrogen-bond donors (Lipinski definition) is 1. The third-order valence-corrected chi connectivity index (χ3v) is 2.46. The van der Waals surface area contributed by atoms with E-state index in [1.807, 2.05) is 32.0 Å². The molecule has 82 valence electrons. The molecule has 0 radical (unpaired) electrons. The lowest BCUT2D eigenvalue weighted by atomic mass is 9.99. The Morgan fingerprint density at radius 3 is 2.80 bits per heavy atom. The average molecular weight is 205 g/mol. The van der Waals surface area contributed by atoms with Crippen LogP contribution in [0.15, 0.2) is 24.3 Å². The zero-order valence-corrected chi connectivity index (χ0v) is 9.49. The molecule has 0 spiro atoms. The minimum Gasteiger partial charge on any atom is -0.330 e. The van der Waals surface area contributed by atoms with Gasteiger partial charge in [-0.15, -0.1) is 0 Å². The SMILES string of the molecule is Cc1cccc(CC(=O)CC(C)CN)c1. The highest BCUT2D eigenvalue weighted by Crippen LogP contribution is 2.08. The molecule has 2 heteroatoms. The summed E-state index contributed by atoms with van der Waals surface area (Å²) in [4.78, 5) is 11.6. The van der Waals surface area contributed by atoms with Crippen molar-refractivity contribution in [2.45, 2.75) is 26.7 Å². The van der Waals surface area contributed by atoms with E-state index < -0.39 is 0 Å². The van der Waals surface area contributed by atoms with Crippen LogP contribution < -0.4 is 5.73 Å². The van der Waals surface area contributed by atoms with E-state index in [1.54, 1.807) is 0 Å². The van der Waals surface area contributed by atoms with Gasteiger partial charge < -0.3 is 5.73 Å². The van der Waals surface area contributed by atoms with Crippen LogP contribution in [-0.2, 0) is 11.2 Å². The quantitative estimate of drug-likeness (QED) is 0.800. The maximum Gasteiger partial charge on any atom is 0.137 e. The second-order valence-corrected chi connectivity index (χ2v) is 4.25. The predicted molar refractivity (Wildman–Crippen MR) is 62.7 cm³/mol. The summed E-state index contributed by atoms with van der Waals surface area (Å²) in [5.41, 5.74) is 7.79. The molecule has 0 heterocycles. The summed E-state index contributed by atoms with van der Waals surface area (Å²) in [6.07, 6.45) is 1.12. The molecule has 1 aromatic carbocycles. The molecule has 0 aliphatic carbocycles. The molecule has 0 saturated heterocycles. The van der Waals surface area contributed by atoms with E-state index in [1.165, 1.54) is 5.56 Å². The van der Waals surface area contributed by atoms with Gasteiger partial charge in [-0.05, 0) is 24.9 Å². The van der Waals surface area contributed by atoms with Gasteiger partial charge in [0, 0.05) is 12.8 Å². The normalized spacial score (nSPS) is 12.5. The molecule has 0 aliphatic rings. The number of aryl methyl sites for hydroxylation is 1. The van der Waals surface area contributed by atoms with Crippen molar-refractivity contribution in [1.82, 2.24) is 0 Å². The maximum absolute atomic E-state index is 11.6. The summed E-state index contributed by atoms with van der Waals surface area (Å²) in [7, 11) is 0. The second kappa shape index (κ2) is 5.66. The Morgan fingerprint density at radius 1 is 1.47 bits per heavy atom. The van der Waals surface area contributed by atoms with Crippen LogP contribution in [0, 0.1) is 12.8 Å². The van der Waals surface area contributed by atoms with Crippen molar-refractivity contribution in [3.63, 3.8) is 0 Å². The van der Waals surface area contributed by atoms with Crippen molar-refractivity contribution in [2.24, 2.45) is 11.7 Å². The topological polar surface area (TPSA) is 43.1 Å². The van der Waals surface area contributed by atoms with E-state index in [-0.39, 0.29) is 5.78 Å². The molecule has 15 heavy (non-hydrogen) atoms. The van der Waals surface area contributed by atoms with Crippen molar-refractivity contribution < 1.29 is 4.79 Å². The lowest BCUT2D eigenvalue weighted by Gasteiger charge is -2.07. The van der Waals surface area contributed by atoms with E-state index in [2.05, 4.69) is 6.07 Å². The lowest BCUT2D eigenvalue weighted by molar-refractivity contribution is -0.119. The van der Waals surface area contributed by atoms with Crippen molar-refractivity contribution in [1.29, 1.82) is 0 Å².